The Morgan fingerprint density at radius 3 is 2.60 bits per heavy atom. The predicted molar refractivity (Wildman–Crippen MR) is 95.7 cm³/mol. The van der Waals surface area contributed by atoms with Gasteiger partial charge in [0.25, 0.3) is 5.91 Å². The van der Waals surface area contributed by atoms with Crippen LogP contribution < -0.4 is 5.32 Å². The molecule has 0 radical (unpaired) electrons. The van der Waals surface area contributed by atoms with Gasteiger partial charge in [0.15, 0.2) is 5.76 Å². The minimum Gasteiger partial charge on any atom is -0.459 e. The fraction of sp³-hybridized carbons (Fsp3) is 0.850. The van der Waals surface area contributed by atoms with Crippen molar-refractivity contribution in [3.63, 3.8) is 0 Å². The molecule has 0 aromatic rings. The summed E-state index contributed by atoms with van der Waals surface area (Å²) in [7, 11) is 0. The van der Waals surface area contributed by atoms with Gasteiger partial charge in [0, 0.05) is 19.1 Å². The van der Waals surface area contributed by atoms with Crippen LogP contribution in [0.25, 0.3) is 0 Å². The molecular formula is C20H33NO4. The summed E-state index contributed by atoms with van der Waals surface area (Å²) in [4.78, 5) is 12.6. The van der Waals surface area contributed by atoms with E-state index in [1.807, 2.05) is 0 Å². The predicted octanol–water partition coefficient (Wildman–Crippen LogP) is 3.27. The zero-order valence-corrected chi connectivity index (χ0v) is 15.3. The molecular weight excluding hydrogens is 318 g/mol. The van der Waals surface area contributed by atoms with Crippen molar-refractivity contribution >= 4 is 5.91 Å². The number of carbonyl (C=O) groups is 1. The molecule has 1 amide bonds. The number of aliphatic hydroxyl groups is 1. The largest absolute Gasteiger partial charge is 0.459 e. The Labute approximate surface area is 151 Å². The molecule has 0 aromatic carbocycles. The Hall–Kier alpha value is -1.07. The number of hydrogen-bond acceptors (Lipinski definition) is 4. The molecule has 0 aromatic heterocycles. The average molecular weight is 351 g/mol. The third kappa shape index (κ3) is 5.45. The highest BCUT2D eigenvalue weighted by Crippen LogP contribution is 2.38. The molecule has 5 nitrogen and oxygen atoms in total. The molecule has 1 heterocycles. The Kier molecular flexibility index (Phi) is 7.17. The highest BCUT2D eigenvalue weighted by atomic mass is 16.7. The summed E-state index contributed by atoms with van der Waals surface area (Å²) in [6.45, 7) is 0.759. The summed E-state index contributed by atoms with van der Waals surface area (Å²) in [5.41, 5.74) is 0. The topological polar surface area (TPSA) is 67.8 Å². The highest BCUT2D eigenvalue weighted by Gasteiger charge is 2.34. The molecule has 2 fully saturated rings. The van der Waals surface area contributed by atoms with Crippen molar-refractivity contribution in [1.29, 1.82) is 0 Å². The normalized spacial score (nSPS) is 28.0. The van der Waals surface area contributed by atoms with Crippen molar-refractivity contribution in [2.45, 2.75) is 83.0 Å². The van der Waals surface area contributed by atoms with Gasteiger partial charge in [-0.25, -0.2) is 0 Å². The van der Waals surface area contributed by atoms with Gasteiger partial charge in [-0.1, -0.05) is 25.7 Å². The van der Waals surface area contributed by atoms with Gasteiger partial charge in [0.1, 0.15) is 0 Å². The van der Waals surface area contributed by atoms with E-state index in [1.165, 1.54) is 38.5 Å². The molecule has 1 aliphatic heterocycles. The molecule has 0 saturated heterocycles. The number of unbranched alkanes of at least 4 members (excludes halogenated alkanes) is 1. The average Bonchev–Trinajstić information content (AvgIpc) is 3.32. The molecule has 0 spiro atoms. The Morgan fingerprint density at radius 2 is 1.88 bits per heavy atom. The molecule has 5 heteroatoms. The summed E-state index contributed by atoms with van der Waals surface area (Å²) in [5.74, 6) is 1.42. The van der Waals surface area contributed by atoms with E-state index in [2.05, 4.69) is 11.4 Å². The quantitative estimate of drug-likeness (QED) is 0.659. The van der Waals surface area contributed by atoms with Gasteiger partial charge < -0.3 is 19.9 Å². The first-order chi connectivity index (χ1) is 12.3. The van der Waals surface area contributed by atoms with Crippen molar-refractivity contribution < 1.29 is 19.4 Å². The Morgan fingerprint density at radius 1 is 1.16 bits per heavy atom. The Balaban J connectivity index is 1.59. The fourth-order valence-corrected chi connectivity index (χ4v) is 4.41. The number of nitrogens with one attached hydrogen (secondary N) is 1. The van der Waals surface area contributed by atoms with Crippen molar-refractivity contribution in [2.75, 3.05) is 13.2 Å². The number of ether oxygens (including phenoxy) is 2. The minimum atomic E-state index is -0.335. The number of rotatable bonds is 8. The number of allylic oxidation sites excluding steroid dienone is 1. The smallest absolute Gasteiger partial charge is 0.286 e. The standard InChI is InChI=1S/C20H33NO4/c22-11-5-6-12-24-19-14-16(15-7-1-2-8-15)13-18(25-19)20(23)21-17-9-3-4-10-17/h13,15-17,19,22H,1-12,14H2,(H,21,23)/t16-,19+/m1/s1. The van der Waals surface area contributed by atoms with Crippen LogP contribution in [-0.2, 0) is 14.3 Å². The molecule has 3 rings (SSSR count). The molecule has 2 atom stereocenters. The van der Waals surface area contributed by atoms with Crippen molar-refractivity contribution in [1.82, 2.24) is 5.32 Å². The lowest BCUT2D eigenvalue weighted by Gasteiger charge is -2.32. The van der Waals surface area contributed by atoms with E-state index < -0.39 is 0 Å². The van der Waals surface area contributed by atoms with Crippen LogP contribution in [0.1, 0.15) is 70.6 Å². The molecule has 3 aliphatic rings. The van der Waals surface area contributed by atoms with E-state index in [-0.39, 0.29) is 18.8 Å². The van der Waals surface area contributed by atoms with Gasteiger partial charge in [0.05, 0.1) is 6.61 Å². The van der Waals surface area contributed by atoms with Gasteiger partial charge >= 0.3 is 0 Å². The molecule has 142 valence electrons. The summed E-state index contributed by atoms with van der Waals surface area (Å²) in [5, 5.41) is 12.0. The molecule has 2 aliphatic carbocycles. The second-order valence-electron chi connectivity index (χ2n) is 7.78. The van der Waals surface area contributed by atoms with Crippen LogP contribution >= 0.6 is 0 Å². The maximum atomic E-state index is 12.6. The molecule has 0 bridgehead atoms. The third-order valence-electron chi connectivity index (χ3n) is 5.86. The van der Waals surface area contributed by atoms with Crippen LogP contribution in [0.15, 0.2) is 11.8 Å². The molecule has 2 N–H and O–H groups in total. The van der Waals surface area contributed by atoms with E-state index in [0.29, 0.717) is 30.2 Å². The highest BCUT2D eigenvalue weighted by molar-refractivity contribution is 5.91. The summed E-state index contributed by atoms with van der Waals surface area (Å²) in [6, 6.07) is 0.299. The monoisotopic (exact) mass is 351 g/mol. The van der Waals surface area contributed by atoms with E-state index >= 15 is 0 Å². The maximum Gasteiger partial charge on any atom is 0.286 e. The lowest BCUT2D eigenvalue weighted by molar-refractivity contribution is -0.151. The molecule has 0 unspecified atom stereocenters. The van der Waals surface area contributed by atoms with Crippen molar-refractivity contribution in [3.8, 4) is 0 Å². The molecule has 25 heavy (non-hydrogen) atoms. The van der Waals surface area contributed by atoms with Gasteiger partial charge in [-0.15, -0.1) is 0 Å². The third-order valence-corrected chi connectivity index (χ3v) is 5.86. The van der Waals surface area contributed by atoms with Crippen LogP contribution in [0, 0.1) is 11.8 Å². The zero-order chi connectivity index (χ0) is 17.5. The first kappa shape index (κ1) is 18.7. The van der Waals surface area contributed by atoms with Crippen molar-refractivity contribution in [3.05, 3.63) is 11.8 Å². The Bertz CT molecular complexity index is 453. The maximum absolute atomic E-state index is 12.6. The minimum absolute atomic E-state index is 0.0708. The fourth-order valence-electron chi connectivity index (χ4n) is 4.41. The molecule has 2 saturated carbocycles. The van der Waals surface area contributed by atoms with Crippen LogP contribution in [0.3, 0.4) is 0 Å². The lowest BCUT2D eigenvalue weighted by atomic mass is 9.86. The summed E-state index contributed by atoms with van der Waals surface area (Å²) < 4.78 is 11.8. The number of hydrogen-bond donors (Lipinski definition) is 2. The van der Waals surface area contributed by atoms with Gasteiger partial charge in [-0.3, -0.25) is 4.79 Å². The van der Waals surface area contributed by atoms with E-state index in [1.54, 1.807) is 0 Å². The van der Waals surface area contributed by atoms with Gasteiger partial charge in [-0.2, -0.15) is 0 Å². The van der Waals surface area contributed by atoms with Crippen molar-refractivity contribution in [2.24, 2.45) is 11.8 Å². The van der Waals surface area contributed by atoms with E-state index in [4.69, 9.17) is 14.6 Å². The summed E-state index contributed by atoms with van der Waals surface area (Å²) in [6.07, 6.45) is 13.8. The first-order valence-corrected chi connectivity index (χ1v) is 10.2. The van der Waals surface area contributed by atoms with Crippen LogP contribution in [0.4, 0.5) is 0 Å². The van der Waals surface area contributed by atoms with E-state index in [9.17, 15) is 4.79 Å². The first-order valence-electron chi connectivity index (χ1n) is 10.2. The van der Waals surface area contributed by atoms with Crippen LogP contribution in [0.5, 0.6) is 0 Å². The van der Waals surface area contributed by atoms with E-state index in [0.717, 1.165) is 32.1 Å². The van der Waals surface area contributed by atoms with Gasteiger partial charge in [-0.05, 0) is 56.4 Å². The van der Waals surface area contributed by atoms with Crippen LogP contribution in [0.2, 0.25) is 0 Å². The number of carbonyl (C=O) groups excluding carboxylic acids is 1. The lowest BCUT2D eigenvalue weighted by Crippen LogP contribution is -2.38. The number of amides is 1. The SMILES string of the molecule is O=C(NC1CCCC1)C1=C[C@@H](C2CCCC2)C[C@@H](OCCCCO)O1. The second-order valence-corrected chi connectivity index (χ2v) is 7.78. The van der Waals surface area contributed by atoms with Gasteiger partial charge in [0.2, 0.25) is 6.29 Å². The number of aliphatic hydroxyl groups excluding tert-OH is 1. The summed E-state index contributed by atoms with van der Waals surface area (Å²) >= 11 is 0. The second kappa shape index (κ2) is 9.58. The van der Waals surface area contributed by atoms with Crippen LogP contribution in [-0.4, -0.2) is 36.6 Å². The zero-order valence-electron chi connectivity index (χ0n) is 15.3.